The summed E-state index contributed by atoms with van der Waals surface area (Å²) in [5, 5.41) is 4.13. The highest BCUT2D eigenvalue weighted by atomic mass is 16.6. The van der Waals surface area contributed by atoms with Gasteiger partial charge in [-0.1, -0.05) is 59.8 Å². The van der Waals surface area contributed by atoms with Crippen LogP contribution < -0.4 is 0 Å². The first-order chi connectivity index (χ1) is 15.7. The molecule has 3 aromatic carbocycles. The number of carbonyl (C=O) groups is 1. The number of para-hydroxylation sites is 2. The maximum absolute atomic E-state index is 13.4. The molecule has 1 aromatic heterocycles. The molecule has 2 heterocycles. The first-order valence-electron chi connectivity index (χ1n) is 10.7. The molecular formula is C26H24N4O2. The van der Waals surface area contributed by atoms with Crippen molar-refractivity contribution in [3.63, 3.8) is 0 Å². The Morgan fingerprint density at radius 1 is 1.03 bits per heavy atom. The Bertz CT molecular complexity index is 1230. The third kappa shape index (κ3) is 3.99. The minimum atomic E-state index is -0.0363. The summed E-state index contributed by atoms with van der Waals surface area (Å²) >= 11 is 0. The van der Waals surface area contributed by atoms with Gasteiger partial charge >= 0.3 is 0 Å². The molecule has 1 amide bonds. The number of hydrogen-bond acceptors (Lipinski definition) is 4. The zero-order valence-electron chi connectivity index (χ0n) is 17.9. The van der Waals surface area contributed by atoms with E-state index in [1.165, 1.54) is 7.11 Å². The number of amides is 1. The maximum atomic E-state index is 13.4. The predicted octanol–water partition coefficient (Wildman–Crippen LogP) is 4.69. The number of H-pyrrole nitrogens is 1. The summed E-state index contributed by atoms with van der Waals surface area (Å²) in [5.74, 6) is 0.860. The van der Waals surface area contributed by atoms with Crippen LogP contribution in [-0.4, -0.2) is 46.2 Å². The summed E-state index contributed by atoms with van der Waals surface area (Å²) in [6.07, 6.45) is 1.30. The summed E-state index contributed by atoms with van der Waals surface area (Å²) < 4.78 is 0. The molecule has 160 valence electrons. The molecule has 32 heavy (non-hydrogen) atoms. The number of aromatic amines is 1. The van der Waals surface area contributed by atoms with E-state index in [1.54, 1.807) is 0 Å². The molecule has 1 fully saturated rings. The first-order valence-corrected chi connectivity index (χ1v) is 10.7. The molecule has 1 unspecified atom stereocenters. The van der Waals surface area contributed by atoms with E-state index in [-0.39, 0.29) is 11.9 Å². The summed E-state index contributed by atoms with van der Waals surface area (Å²) in [6, 6.07) is 25.9. The summed E-state index contributed by atoms with van der Waals surface area (Å²) in [5.41, 5.74) is 5.68. The van der Waals surface area contributed by atoms with Crippen LogP contribution in [0, 0.1) is 0 Å². The predicted molar refractivity (Wildman–Crippen MR) is 126 cm³/mol. The highest BCUT2D eigenvalue weighted by Crippen LogP contribution is 2.25. The van der Waals surface area contributed by atoms with Crippen molar-refractivity contribution in [1.29, 1.82) is 0 Å². The van der Waals surface area contributed by atoms with Gasteiger partial charge in [0.25, 0.3) is 5.91 Å². The SMILES string of the molecule is CON=C1CC(Cc2nc3ccccc3[nH]2)N(C(=O)c2ccc(-c3ccccc3)cc2)C1. The minimum Gasteiger partial charge on any atom is -0.399 e. The van der Waals surface area contributed by atoms with E-state index in [9.17, 15) is 4.79 Å². The molecule has 0 radical (unpaired) electrons. The molecule has 1 N–H and O–H groups in total. The van der Waals surface area contributed by atoms with E-state index in [0.717, 1.165) is 33.7 Å². The number of nitrogens with zero attached hydrogens (tertiary/aromatic N) is 3. The number of fused-ring (bicyclic) bond motifs is 1. The Morgan fingerprint density at radius 2 is 1.75 bits per heavy atom. The number of oxime groups is 1. The van der Waals surface area contributed by atoms with Crippen molar-refractivity contribution in [2.75, 3.05) is 13.7 Å². The minimum absolute atomic E-state index is 0.00738. The van der Waals surface area contributed by atoms with Crippen LogP contribution in [0.15, 0.2) is 84.0 Å². The number of nitrogens with one attached hydrogen (secondary N) is 1. The molecule has 6 heteroatoms. The van der Waals surface area contributed by atoms with Crippen LogP contribution in [-0.2, 0) is 11.3 Å². The van der Waals surface area contributed by atoms with Gasteiger partial charge in [0.2, 0.25) is 0 Å². The van der Waals surface area contributed by atoms with Crippen LogP contribution in [0.5, 0.6) is 0 Å². The maximum Gasteiger partial charge on any atom is 0.254 e. The first kappa shape index (κ1) is 20.0. The quantitative estimate of drug-likeness (QED) is 0.473. The fourth-order valence-corrected chi connectivity index (χ4v) is 4.31. The Morgan fingerprint density at radius 3 is 2.50 bits per heavy atom. The Labute approximate surface area is 186 Å². The number of carbonyl (C=O) groups excluding carboxylic acids is 1. The third-order valence-corrected chi connectivity index (χ3v) is 5.85. The fraction of sp³-hybridized carbons (Fsp3) is 0.192. The van der Waals surface area contributed by atoms with Crippen LogP contribution in [0.4, 0.5) is 0 Å². The van der Waals surface area contributed by atoms with Crippen molar-refractivity contribution in [1.82, 2.24) is 14.9 Å². The van der Waals surface area contributed by atoms with Gasteiger partial charge in [-0.25, -0.2) is 4.98 Å². The number of likely N-dealkylation sites (tertiary alicyclic amines) is 1. The second-order valence-corrected chi connectivity index (χ2v) is 7.98. The summed E-state index contributed by atoms with van der Waals surface area (Å²) in [6.45, 7) is 0.456. The van der Waals surface area contributed by atoms with Crippen LogP contribution in [0.1, 0.15) is 22.6 Å². The standard InChI is InChI=1S/C26H24N4O2/c1-32-29-21-15-22(16-25-27-23-9-5-6-10-24(23)28-25)30(17-21)26(31)20-13-11-19(12-14-20)18-7-3-2-4-8-18/h2-14,22H,15-17H2,1H3,(H,27,28). The molecule has 0 saturated carbocycles. The Hall–Kier alpha value is -3.93. The topological polar surface area (TPSA) is 70.6 Å². The number of imidazole rings is 1. The molecule has 4 aromatic rings. The molecule has 6 nitrogen and oxygen atoms in total. The monoisotopic (exact) mass is 424 g/mol. The van der Waals surface area contributed by atoms with Gasteiger partial charge in [0.15, 0.2) is 0 Å². The molecular weight excluding hydrogens is 400 g/mol. The molecule has 0 aliphatic carbocycles. The normalized spacial score (nSPS) is 17.2. The van der Waals surface area contributed by atoms with E-state index in [2.05, 4.69) is 22.3 Å². The lowest BCUT2D eigenvalue weighted by atomic mass is 10.0. The van der Waals surface area contributed by atoms with Gasteiger partial charge in [0.1, 0.15) is 12.9 Å². The van der Waals surface area contributed by atoms with E-state index in [4.69, 9.17) is 9.82 Å². The second kappa shape index (κ2) is 8.67. The summed E-state index contributed by atoms with van der Waals surface area (Å²) in [4.78, 5) is 28.4. The van der Waals surface area contributed by atoms with Crippen LogP contribution in [0.2, 0.25) is 0 Å². The second-order valence-electron chi connectivity index (χ2n) is 7.98. The van der Waals surface area contributed by atoms with Gasteiger partial charge in [0.05, 0.1) is 23.3 Å². The average molecular weight is 425 g/mol. The molecule has 1 aliphatic heterocycles. The van der Waals surface area contributed by atoms with Gasteiger partial charge in [-0.15, -0.1) is 0 Å². The average Bonchev–Trinajstić information content (AvgIpc) is 3.43. The lowest BCUT2D eigenvalue weighted by Gasteiger charge is -2.23. The molecule has 1 atom stereocenters. The van der Waals surface area contributed by atoms with Crippen molar-refractivity contribution >= 4 is 22.7 Å². The lowest BCUT2D eigenvalue weighted by Crippen LogP contribution is -2.37. The van der Waals surface area contributed by atoms with Crippen LogP contribution in [0.25, 0.3) is 22.2 Å². The van der Waals surface area contributed by atoms with Crippen molar-refractivity contribution in [3.05, 3.63) is 90.3 Å². The van der Waals surface area contributed by atoms with E-state index in [0.29, 0.717) is 24.9 Å². The Kier molecular flexibility index (Phi) is 5.42. The Balaban J connectivity index is 1.39. The van der Waals surface area contributed by atoms with Gasteiger partial charge in [-0.2, -0.15) is 0 Å². The van der Waals surface area contributed by atoms with Crippen molar-refractivity contribution in [2.24, 2.45) is 5.16 Å². The van der Waals surface area contributed by atoms with Crippen LogP contribution in [0.3, 0.4) is 0 Å². The van der Waals surface area contributed by atoms with E-state index < -0.39 is 0 Å². The highest BCUT2D eigenvalue weighted by Gasteiger charge is 2.34. The molecule has 1 saturated heterocycles. The molecule has 0 bridgehead atoms. The van der Waals surface area contributed by atoms with Crippen molar-refractivity contribution in [2.45, 2.75) is 18.9 Å². The number of benzene rings is 3. The van der Waals surface area contributed by atoms with Crippen molar-refractivity contribution in [3.8, 4) is 11.1 Å². The molecule has 1 aliphatic rings. The van der Waals surface area contributed by atoms with Gasteiger partial charge in [0, 0.05) is 24.4 Å². The number of hydrogen-bond donors (Lipinski definition) is 1. The highest BCUT2D eigenvalue weighted by molar-refractivity contribution is 6.00. The smallest absolute Gasteiger partial charge is 0.254 e. The van der Waals surface area contributed by atoms with Crippen LogP contribution >= 0.6 is 0 Å². The number of aromatic nitrogens is 2. The third-order valence-electron chi connectivity index (χ3n) is 5.85. The van der Waals surface area contributed by atoms with Crippen molar-refractivity contribution < 1.29 is 9.63 Å². The molecule has 5 rings (SSSR count). The summed E-state index contributed by atoms with van der Waals surface area (Å²) in [7, 11) is 1.54. The lowest BCUT2D eigenvalue weighted by molar-refractivity contribution is 0.0739. The zero-order chi connectivity index (χ0) is 21.9. The molecule has 0 spiro atoms. The van der Waals surface area contributed by atoms with Gasteiger partial charge < -0.3 is 14.7 Å². The van der Waals surface area contributed by atoms with Gasteiger partial charge in [-0.3, -0.25) is 4.79 Å². The zero-order valence-corrected chi connectivity index (χ0v) is 17.9. The largest absolute Gasteiger partial charge is 0.399 e. The number of rotatable bonds is 5. The van der Waals surface area contributed by atoms with E-state index in [1.807, 2.05) is 71.6 Å². The van der Waals surface area contributed by atoms with Gasteiger partial charge in [-0.05, 0) is 35.4 Å². The van der Waals surface area contributed by atoms with E-state index >= 15 is 0 Å². The fourth-order valence-electron chi connectivity index (χ4n) is 4.31.